The molecule has 0 aromatic carbocycles. The lowest BCUT2D eigenvalue weighted by Crippen LogP contribution is -2.24. The number of rotatable bonds is 5. The summed E-state index contributed by atoms with van der Waals surface area (Å²) < 4.78 is 0. The van der Waals surface area contributed by atoms with E-state index in [9.17, 15) is 4.79 Å². The van der Waals surface area contributed by atoms with Gasteiger partial charge in [0.05, 0.1) is 0 Å². The second kappa shape index (κ2) is 8.78. The largest absolute Gasteiger partial charge is 0.299 e. The summed E-state index contributed by atoms with van der Waals surface area (Å²) in [4.78, 5) is 11.8. The van der Waals surface area contributed by atoms with Crippen LogP contribution in [-0.2, 0) is 4.79 Å². The molecule has 0 saturated carbocycles. The van der Waals surface area contributed by atoms with Crippen molar-refractivity contribution in [1.29, 1.82) is 0 Å². The minimum atomic E-state index is -0.166. The molecule has 1 heteroatoms. The Morgan fingerprint density at radius 1 is 1.06 bits per heavy atom. The Labute approximate surface area is 103 Å². The molecule has 2 atom stereocenters. The molecular weight excluding hydrogens is 196 g/mol. The van der Waals surface area contributed by atoms with Gasteiger partial charge in [-0.3, -0.25) is 4.79 Å². The first kappa shape index (κ1) is 18.0. The maximum absolute atomic E-state index is 11.8. The van der Waals surface area contributed by atoms with E-state index in [2.05, 4.69) is 20.8 Å². The van der Waals surface area contributed by atoms with Gasteiger partial charge in [-0.05, 0) is 11.8 Å². The van der Waals surface area contributed by atoms with E-state index in [-0.39, 0.29) is 5.41 Å². The number of carbonyl (C=O) groups excluding carboxylic acids is 1. The van der Waals surface area contributed by atoms with E-state index in [4.69, 9.17) is 0 Å². The van der Waals surface area contributed by atoms with Crippen molar-refractivity contribution in [3.63, 3.8) is 0 Å². The van der Waals surface area contributed by atoms with Crippen molar-refractivity contribution >= 4 is 5.78 Å². The fourth-order valence-corrected chi connectivity index (χ4v) is 1.54. The molecule has 0 fully saturated rings. The first-order chi connectivity index (χ1) is 7.29. The monoisotopic (exact) mass is 228 g/mol. The molecule has 98 valence electrons. The molecule has 0 N–H and O–H groups in total. The van der Waals surface area contributed by atoms with Crippen LogP contribution < -0.4 is 0 Å². The Hall–Kier alpha value is -0.330. The van der Waals surface area contributed by atoms with Crippen LogP contribution in [0.25, 0.3) is 0 Å². The third-order valence-corrected chi connectivity index (χ3v) is 3.06. The number of hydrogen-bond acceptors (Lipinski definition) is 1. The van der Waals surface area contributed by atoms with Crippen molar-refractivity contribution in [1.82, 2.24) is 0 Å². The molecule has 0 aliphatic heterocycles. The van der Waals surface area contributed by atoms with Crippen molar-refractivity contribution < 1.29 is 4.79 Å². The maximum Gasteiger partial charge on any atom is 0.138 e. The van der Waals surface area contributed by atoms with Gasteiger partial charge in [-0.25, -0.2) is 0 Å². The van der Waals surface area contributed by atoms with Crippen LogP contribution in [0.15, 0.2) is 0 Å². The molecule has 0 aromatic heterocycles. The fraction of sp³-hybridized carbons (Fsp3) is 0.933. The minimum absolute atomic E-state index is 0.166. The summed E-state index contributed by atoms with van der Waals surface area (Å²) in [5, 5.41) is 0. The van der Waals surface area contributed by atoms with Crippen molar-refractivity contribution in [2.75, 3.05) is 0 Å². The van der Waals surface area contributed by atoms with Gasteiger partial charge >= 0.3 is 0 Å². The van der Waals surface area contributed by atoms with E-state index < -0.39 is 0 Å². The smallest absolute Gasteiger partial charge is 0.138 e. The van der Waals surface area contributed by atoms with Crippen LogP contribution in [0.4, 0.5) is 0 Å². The molecule has 1 nitrogen and oxygen atoms in total. The lowest BCUT2D eigenvalue weighted by molar-refractivity contribution is -0.127. The van der Waals surface area contributed by atoms with Crippen molar-refractivity contribution in [2.45, 2.75) is 74.7 Å². The maximum atomic E-state index is 11.8. The van der Waals surface area contributed by atoms with Crippen molar-refractivity contribution in [3.05, 3.63) is 0 Å². The van der Waals surface area contributed by atoms with E-state index in [1.165, 1.54) is 12.8 Å². The number of ketones is 1. The second-order valence-corrected chi connectivity index (χ2v) is 5.62. The van der Waals surface area contributed by atoms with Gasteiger partial charge in [0, 0.05) is 11.8 Å². The quantitative estimate of drug-likeness (QED) is 0.640. The molecule has 0 saturated heterocycles. The molecule has 2 unspecified atom stereocenters. The van der Waals surface area contributed by atoms with Crippen LogP contribution in [0.2, 0.25) is 0 Å². The van der Waals surface area contributed by atoms with Gasteiger partial charge in [0.2, 0.25) is 0 Å². The highest BCUT2D eigenvalue weighted by Gasteiger charge is 2.24. The normalized spacial score (nSPS) is 14.8. The molecular formula is C15H32O. The summed E-state index contributed by atoms with van der Waals surface area (Å²) in [6, 6.07) is 0. The molecule has 16 heavy (non-hydrogen) atoms. The predicted octanol–water partition coefficient (Wildman–Crippen LogP) is 5.09. The third kappa shape index (κ3) is 7.90. The number of carbonyl (C=O) groups is 1. The van der Waals surface area contributed by atoms with Crippen LogP contribution in [0.5, 0.6) is 0 Å². The zero-order valence-corrected chi connectivity index (χ0v) is 12.7. The highest BCUT2D eigenvalue weighted by atomic mass is 16.1. The summed E-state index contributed by atoms with van der Waals surface area (Å²) in [5.74, 6) is 1.60. The summed E-state index contributed by atoms with van der Waals surface area (Å²) in [5.41, 5.74) is -0.166. The first-order valence-corrected chi connectivity index (χ1v) is 6.82. The standard InChI is InChI=1S/C13H26O.C2H6/c1-7-8-10(2)11(3)9-12(14)13(4,5)6;1-2/h10-11H,7-9H2,1-6H3;1-2H3. The topological polar surface area (TPSA) is 17.1 Å². The highest BCUT2D eigenvalue weighted by molar-refractivity contribution is 5.83. The highest BCUT2D eigenvalue weighted by Crippen LogP contribution is 2.25. The molecule has 0 aliphatic rings. The van der Waals surface area contributed by atoms with Gasteiger partial charge < -0.3 is 0 Å². The zero-order chi connectivity index (χ0) is 13.4. The van der Waals surface area contributed by atoms with Gasteiger partial charge in [-0.2, -0.15) is 0 Å². The van der Waals surface area contributed by atoms with E-state index in [0.29, 0.717) is 17.6 Å². The number of hydrogen-bond donors (Lipinski definition) is 0. The van der Waals surface area contributed by atoms with Crippen LogP contribution in [0, 0.1) is 17.3 Å². The Balaban J connectivity index is 0. The summed E-state index contributed by atoms with van der Waals surface area (Å²) in [7, 11) is 0. The van der Waals surface area contributed by atoms with E-state index in [1.807, 2.05) is 34.6 Å². The van der Waals surface area contributed by atoms with Crippen LogP contribution >= 0.6 is 0 Å². The molecule has 0 heterocycles. The lowest BCUT2D eigenvalue weighted by Gasteiger charge is -2.23. The zero-order valence-electron chi connectivity index (χ0n) is 12.7. The Kier molecular flexibility index (Phi) is 9.90. The summed E-state index contributed by atoms with van der Waals surface area (Å²) >= 11 is 0. The first-order valence-electron chi connectivity index (χ1n) is 6.82. The Morgan fingerprint density at radius 3 is 1.81 bits per heavy atom. The van der Waals surface area contributed by atoms with Gasteiger partial charge in [-0.1, -0.05) is 68.2 Å². The average molecular weight is 228 g/mol. The van der Waals surface area contributed by atoms with E-state index >= 15 is 0 Å². The average Bonchev–Trinajstić information content (AvgIpc) is 2.19. The number of Topliss-reactive ketones (excluding diaryl/α,β-unsaturated/α-hetero) is 1. The molecule has 0 amide bonds. The SMILES string of the molecule is CC.CCCC(C)C(C)CC(=O)C(C)(C)C. The molecule has 0 spiro atoms. The van der Waals surface area contributed by atoms with Crippen molar-refractivity contribution in [2.24, 2.45) is 17.3 Å². The van der Waals surface area contributed by atoms with Gasteiger partial charge in [0.15, 0.2) is 0 Å². The summed E-state index contributed by atoms with van der Waals surface area (Å²) in [6.07, 6.45) is 3.19. The van der Waals surface area contributed by atoms with Crippen LogP contribution in [-0.4, -0.2) is 5.78 Å². The van der Waals surface area contributed by atoms with Gasteiger partial charge in [0.1, 0.15) is 5.78 Å². The van der Waals surface area contributed by atoms with E-state index in [1.54, 1.807) is 0 Å². The van der Waals surface area contributed by atoms with Gasteiger partial charge in [0.25, 0.3) is 0 Å². The fourth-order valence-electron chi connectivity index (χ4n) is 1.54. The molecule has 0 bridgehead atoms. The summed E-state index contributed by atoms with van der Waals surface area (Å²) in [6.45, 7) is 16.7. The third-order valence-electron chi connectivity index (χ3n) is 3.06. The molecule has 0 rings (SSSR count). The molecule has 0 aliphatic carbocycles. The second-order valence-electron chi connectivity index (χ2n) is 5.62. The Bertz CT molecular complexity index is 176. The molecule has 0 aromatic rings. The predicted molar refractivity (Wildman–Crippen MR) is 73.7 cm³/mol. The van der Waals surface area contributed by atoms with E-state index in [0.717, 1.165) is 6.42 Å². The lowest BCUT2D eigenvalue weighted by atomic mass is 9.81. The Morgan fingerprint density at radius 2 is 1.50 bits per heavy atom. The minimum Gasteiger partial charge on any atom is -0.299 e. The van der Waals surface area contributed by atoms with Crippen LogP contribution in [0.1, 0.15) is 74.7 Å². The van der Waals surface area contributed by atoms with Crippen LogP contribution in [0.3, 0.4) is 0 Å². The molecule has 0 radical (unpaired) electrons. The van der Waals surface area contributed by atoms with Gasteiger partial charge in [-0.15, -0.1) is 0 Å². The van der Waals surface area contributed by atoms with Crippen molar-refractivity contribution in [3.8, 4) is 0 Å².